The van der Waals surface area contributed by atoms with Crippen molar-refractivity contribution in [3.05, 3.63) is 85.5 Å². The standard InChI is InChI=1S/C18H16N2O5S/c1-11-9-12(4-6-14(11)20(23)24)18(22)19-10-13-5-7-16(26-13)17(21)15-3-2-8-25-15/h2-9,17,21H,10H2,1H3,(H,19,22). The molecule has 0 bridgehead atoms. The first-order valence-corrected chi connectivity index (χ1v) is 8.60. The monoisotopic (exact) mass is 372 g/mol. The summed E-state index contributed by atoms with van der Waals surface area (Å²) in [5, 5.41) is 23.8. The number of amides is 1. The molecule has 1 aromatic carbocycles. The summed E-state index contributed by atoms with van der Waals surface area (Å²) in [6, 6.07) is 11.3. The van der Waals surface area contributed by atoms with Gasteiger partial charge in [0.2, 0.25) is 0 Å². The quantitative estimate of drug-likeness (QED) is 0.508. The molecule has 2 heterocycles. The highest BCUT2D eigenvalue weighted by Gasteiger charge is 2.17. The molecule has 1 atom stereocenters. The molecule has 8 heteroatoms. The number of carbonyl (C=O) groups excluding carboxylic acids is 1. The van der Waals surface area contributed by atoms with Gasteiger partial charge in [0.1, 0.15) is 11.9 Å². The summed E-state index contributed by atoms with van der Waals surface area (Å²) in [6.45, 7) is 1.89. The van der Waals surface area contributed by atoms with Crippen molar-refractivity contribution in [3.63, 3.8) is 0 Å². The smallest absolute Gasteiger partial charge is 0.272 e. The van der Waals surface area contributed by atoms with Crippen molar-refractivity contribution in [1.82, 2.24) is 5.32 Å². The predicted octanol–water partition coefficient (Wildman–Crippen LogP) is 3.57. The number of nitro benzene ring substituents is 1. The van der Waals surface area contributed by atoms with E-state index in [0.717, 1.165) is 9.75 Å². The summed E-state index contributed by atoms with van der Waals surface area (Å²) in [4.78, 5) is 24.2. The molecule has 0 saturated carbocycles. The lowest BCUT2D eigenvalue weighted by Gasteiger charge is -2.06. The van der Waals surface area contributed by atoms with E-state index in [9.17, 15) is 20.0 Å². The van der Waals surface area contributed by atoms with Crippen LogP contribution in [0, 0.1) is 17.0 Å². The van der Waals surface area contributed by atoms with Crippen LogP contribution in [0.15, 0.2) is 53.1 Å². The summed E-state index contributed by atoms with van der Waals surface area (Å²) < 4.78 is 5.19. The SMILES string of the molecule is Cc1cc(C(=O)NCc2ccc(C(O)c3ccco3)s2)ccc1[N+](=O)[O-]. The Morgan fingerprint density at radius 3 is 2.81 bits per heavy atom. The maximum Gasteiger partial charge on any atom is 0.272 e. The average molecular weight is 372 g/mol. The maximum atomic E-state index is 12.2. The Morgan fingerprint density at radius 2 is 2.15 bits per heavy atom. The number of aliphatic hydroxyl groups is 1. The molecule has 134 valence electrons. The summed E-state index contributed by atoms with van der Waals surface area (Å²) in [6.07, 6.45) is 0.663. The molecule has 0 aliphatic carbocycles. The van der Waals surface area contributed by atoms with Crippen LogP contribution < -0.4 is 5.32 Å². The van der Waals surface area contributed by atoms with Crippen molar-refractivity contribution in [3.8, 4) is 0 Å². The number of aryl methyl sites for hydroxylation is 1. The van der Waals surface area contributed by atoms with Crippen molar-refractivity contribution in [2.24, 2.45) is 0 Å². The summed E-state index contributed by atoms with van der Waals surface area (Å²) >= 11 is 1.37. The van der Waals surface area contributed by atoms with Gasteiger partial charge in [0.05, 0.1) is 17.7 Å². The Bertz CT molecular complexity index is 933. The number of carbonyl (C=O) groups is 1. The van der Waals surface area contributed by atoms with Crippen LogP contribution in [0.4, 0.5) is 5.69 Å². The lowest BCUT2D eigenvalue weighted by Crippen LogP contribution is -2.22. The van der Waals surface area contributed by atoms with Crippen LogP contribution in [-0.2, 0) is 6.54 Å². The number of hydrogen-bond donors (Lipinski definition) is 2. The molecule has 0 spiro atoms. The van der Waals surface area contributed by atoms with Gasteiger partial charge in [-0.1, -0.05) is 0 Å². The third-order valence-corrected chi connectivity index (χ3v) is 4.98. The first-order valence-electron chi connectivity index (χ1n) is 7.79. The molecule has 1 amide bonds. The molecule has 3 aromatic rings. The van der Waals surface area contributed by atoms with Crippen LogP contribution in [0.3, 0.4) is 0 Å². The summed E-state index contributed by atoms with van der Waals surface area (Å²) in [5.41, 5.74) is 0.777. The zero-order chi connectivity index (χ0) is 18.7. The van der Waals surface area contributed by atoms with Crippen LogP contribution in [0.1, 0.15) is 37.5 Å². The number of rotatable bonds is 6. The van der Waals surface area contributed by atoms with E-state index >= 15 is 0 Å². The third-order valence-electron chi connectivity index (χ3n) is 3.84. The van der Waals surface area contributed by atoms with Gasteiger partial charge in [0, 0.05) is 26.9 Å². The Morgan fingerprint density at radius 1 is 1.35 bits per heavy atom. The lowest BCUT2D eigenvalue weighted by atomic mass is 10.1. The van der Waals surface area contributed by atoms with Crippen molar-refractivity contribution in [2.45, 2.75) is 19.6 Å². The van der Waals surface area contributed by atoms with Crippen LogP contribution >= 0.6 is 11.3 Å². The van der Waals surface area contributed by atoms with E-state index in [4.69, 9.17) is 4.42 Å². The fourth-order valence-electron chi connectivity index (χ4n) is 2.49. The van der Waals surface area contributed by atoms with Gasteiger partial charge in [-0.25, -0.2) is 0 Å². The summed E-state index contributed by atoms with van der Waals surface area (Å²) in [5.74, 6) is 0.147. The topological polar surface area (TPSA) is 106 Å². The number of nitrogens with one attached hydrogen (secondary N) is 1. The second-order valence-corrected chi connectivity index (χ2v) is 6.86. The highest BCUT2D eigenvalue weighted by Crippen LogP contribution is 2.28. The molecular formula is C18H16N2O5S. The van der Waals surface area contributed by atoms with Crippen LogP contribution in [0.25, 0.3) is 0 Å². The second kappa shape index (κ2) is 7.51. The minimum atomic E-state index is -0.836. The van der Waals surface area contributed by atoms with Crippen molar-refractivity contribution >= 4 is 22.9 Å². The normalized spacial score (nSPS) is 11.9. The number of nitro groups is 1. The fourth-order valence-corrected chi connectivity index (χ4v) is 3.44. The van der Waals surface area contributed by atoms with Gasteiger partial charge in [-0.15, -0.1) is 11.3 Å². The molecule has 3 rings (SSSR count). The van der Waals surface area contributed by atoms with E-state index in [1.807, 2.05) is 6.07 Å². The minimum Gasteiger partial charge on any atom is -0.466 e. The molecular weight excluding hydrogens is 356 g/mol. The van der Waals surface area contributed by atoms with Gasteiger partial charge in [0.15, 0.2) is 0 Å². The van der Waals surface area contributed by atoms with E-state index in [-0.39, 0.29) is 11.6 Å². The molecule has 0 fully saturated rings. The maximum absolute atomic E-state index is 12.2. The van der Waals surface area contributed by atoms with Gasteiger partial charge >= 0.3 is 0 Å². The van der Waals surface area contributed by atoms with Gasteiger partial charge in [-0.2, -0.15) is 0 Å². The molecule has 0 aliphatic rings. The number of benzene rings is 1. The molecule has 7 nitrogen and oxygen atoms in total. The highest BCUT2D eigenvalue weighted by atomic mass is 32.1. The third kappa shape index (κ3) is 3.81. The number of aliphatic hydroxyl groups excluding tert-OH is 1. The van der Waals surface area contributed by atoms with Gasteiger partial charge in [-0.3, -0.25) is 14.9 Å². The average Bonchev–Trinajstić information content (AvgIpc) is 3.30. The van der Waals surface area contributed by atoms with E-state index in [2.05, 4.69) is 5.32 Å². The fraction of sp³-hybridized carbons (Fsp3) is 0.167. The number of nitrogens with zero attached hydrogens (tertiary/aromatic N) is 1. The first kappa shape index (κ1) is 17.8. The largest absolute Gasteiger partial charge is 0.466 e. The lowest BCUT2D eigenvalue weighted by molar-refractivity contribution is -0.385. The van der Waals surface area contributed by atoms with Crippen LogP contribution in [-0.4, -0.2) is 15.9 Å². The van der Waals surface area contributed by atoms with Gasteiger partial charge in [0.25, 0.3) is 11.6 Å². The van der Waals surface area contributed by atoms with E-state index in [1.165, 1.54) is 35.8 Å². The molecule has 2 N–H and O–H groups in total. The highest BCUT2D eigenvalue weighted by molar-refractivity contribution is 7.12. The van der Waals surface area contributed by atoms with Crippen molar-refractivity contribution < 1.29 is 19.2 Å². The zero-order valence-corrected chi connectivity index (χ0v) is 14.7. The Kier molecular flexibility index (Phi) is 5.15. The Hall–Kier alpha value is -2.97. The number of hydrogen-bond acceptors (Lipinski definition) is 6. The van der Waals surface area contributed by atoms with Crippen LogP contribution in [0.5, 0.6) is 0 Å². The Labute approximate surface area is 153 Å². The number of thiophene rings is 1. The second-order valence-electron chi connectivity index (χ2n) is 5.66. The summed E-state index contributed by atoms with van der Waals surface area (Å²) in [7, 11) is 0. The molecule has 1 unspecified atom stereocenters. The molecule has 0 radical (unpaired) electrons. The molecule has 26 heavy (non-hydrogen) atoms. The van der Waals surface area contributed by atoms with E-state index in [0.29, 0.717) is 23.4 Å². The Balaban J connectivity index is 1.63. The van der Waals surface area contributed by atoms with E-state index < -0.39 is 11.0 Å². The zero-order valence-electron chi connectivity index (χ0n) is 13.8. The molecule has 2 aromatic heterocycles. The number of furan rings is 1. The molecule has 0 aliphatic heterocycles. The first-order chi connectivity index (χ1) is 12.5. The van der Waals surface area contributed by atoms with Crippen LogP contribution in [0.2, 0.25) is 0 Å². The molecule has 0 saturated heterocycles. The van der Waals surface area contributed by atoms with Crippen molar-refractivity contribution in [2.75, 3.05) is 0 Å². The van der Waals surface area contributed by atoms with E-state index in [1.54, 1.807) is 25.1 Å². The predicted molar refractivity (Wildman–Crippen MR) is 96.1 cm³/mol. The van der Waals surface area contributed by atoms with Crippen molar-refractivity contribution in [1.29, 1.82) is 0 Å². The van der Waals surface area contributed by atoms with Gasteiger partial charge < -0.3 is 14.8 Å². The van der Waals surface area contributed by atoms with Gasteiger partial charge in [-0.05, 0) is 43.3 Å². The minimum absolute atomic E-state index is 0.0173.